The van der Waals surface area contributed by atoms with Crippen molar-refractivity contribution in [3.8, 4) is 0 Å². The highest BCUT2D eigenvalue weighted by atomic mass is 32.2. The number of ketones is 1. The highest BCUT2D eigenvalue weighted by Gasteiger charge is 2.30. The summed E-state index contributed by atoms with van der Waals surface area (Å²) in [5.41, 5.74) is 0.556. The molecule has 0 amide bonds. The molecular weight excluding hydrogens is 278 g/mol. The van der Waals surface area contributed by atoms with Gasteiger partial charge in [0, 0.05) is 17.5 Å². The summed E-state index contributed by atoms with van der Waals surface area (Å²) in [6, 6.07) is 5.47. The lowest BCUT2D eigenvalue weighted by Crippen LogP contribution is -2.36. The Morgan fingerprint density at radius 2 is 1.95 bits per heavy atom. The van der Waals surface area contributed by atoms with Gasteiger partial charge in [0.1, 0.15) is 0 Å². The number of carbonyl (C=O) groups is 1. The molecule has 1 unspecified atom stereocenters. The van der Waals surface area contributed by atoms with Gasteiger partial charge in [-0.25, -0.2) is 13.1 Å². The van der Waals surface area contributed by atoms with Crippen molar-refractivity contribution in [2.45, 2.75) is 37.1 Å². The first kappa shape index (κ1) is 15.2. The molecule has 0 radical (unpaired) electrons. The minimum atomic E-state index is -3.65. The Bertz CT molecular complexity index is 572. The Morgan fingerprint density at radius 3 is 2.40 bits per heavy atom. The van der Waals surface area contributed by atoms with E-state index in [1.165, 1.54) is 12.1 Å². The monoisotopic (exact) mass is 297 g/mol. The molecule has 0 aromatic heterocycles. The number of nitrogens with one attached hydrogen (secondary N) is 1. The second-order valence-corrected chi connectivity index (χ2v) is 6.79. The van der Waals surface area contributed by atoms with Gasteiger partial charge in [-0.1, -0.05) is 19.1 Å². The molecule has 0 bridgehead atoms. The van der Waals surface area contributed by atoms with Crippen LogP contribution in [0.2, 0.25) is 0 Å². The largest absolute Gasteiger partial charge is 0.395 e. The van der Waals surface area contributed by atoms with E-state index in [0.717, 1.165) is 12.8 Å². The maximum atomic E-state index is 12.1. The fraction of sp³-hybridized carbons (Fsp3) is 0.500. The zero-order valence-corrected chi connectivity index (χ0v) is 12.2. The maximum Gasteiger partial charge on any atom is 0.240 e. The van der Waals surface area contributed by atoms with Crippen LogP contribution in [-0.2, 0) is 10.0 Å². The zero-order chi connectivity index (χ0) is 14.8. The van der Waals surface area contributed by atoms with Crippen LogP contribution < -0.4 is 4.72 Å². The quantitative estimate of drug-likeness (QED) is 0.744. The number of benzene rings is 1. The molecule has 1 fully saturated rings. The molecule has 0 saturated heterocycles. The van der Waals surface area contributed by atoms with E-state index in [-0.39, 0.29) is 23.2 Å². The Kier molecular flexibility index (Phi) is 4.57. The molecule has 1 atom stereocenters. The van der Waals surface area contributed by atoms with Gasteiger partial charge in [0.15, 0.2) is 5.78 Å². The SMILES string of the molecule is CCC(CO)NS(=O)(=O)c1ccc(C(=O)C2CC2)cc1. The number of rotatable bonds is 7. The average Bonchev–Trinajstić information content (AvgIpc) is 3.28. The van der Waals surface area contributed by atoms with Gasteiger partial charge >= 0.3 is 0 Å². The molecule has 1 aromatic rings. The Balaban J connectivity index is 2.14. The molecule has 5 nitrogen and oxygen atoms in total. The molecular formula is C14H19NO4S. The summed E-state index contributed by atoms with van der Waals surface area (Å²) in [5.74, 6) is 0.207. The summed E-state index contributed by atoms with van der Waals surface area (Å²) in [7, 11) is -3.65. The minimum absolute atomic E-state index is 0.0868. The van der Waals surface area contributed by atoms with E-state index in [4.69, 9.17) is 5.11 Å². The number of Topliss-reactive ketones (excluding diaryl/α,β-unsaturated/α-hetero) is 1. The minimum Gasteiger partial charge on any atom is -0.395 e. The number of hydrogen-bond acceptors (Lipinski definition) is 4. The zero-order valence-electron chi connectivity index (χ0n) is 11.4. The molecule has 0 heterocycles. The van der Waals surface area contributed by atoms with E-state index >= 15 is 0 Å². The van der Waals surface area contributed by atoms with Gasteiger partial charge < -0.3 is 5.11 Å². The van der Waals surface area contributed by atoms with E-state index in [0.29, 0.717) is 12.0 Å². The Morgan fingerprint density at radius 1 is 1.35 bits per heavy atom. The van der Waals surface area contributed by atoms with Gasteiger partial charge in [-0.15, -0.1) is 0 Å². The number of carbonyl (C=O) groups excluding carboxylic acids is 1. The third-order valence-electron chi connectivity index (χ3n) is 3.43. The summed E-state index contributed by atoms with van der Waals surface area (Å²) in [5, 5.41) is 9.05. The molecule has 2 rings (SSSR count). The second kappa shape index (κ2) is 6.03. The highest BCUT2D eigenvalue weighted by molar-refractivity contribution is 7.89. The van der Waals surface area contributed by atoms with Gasteiger partial charge in [-0.05, 0) is 31.4 Å². The predicted octanol–water partition coefficient (Wildman–Crippen LogP) is 1.33. The number of aliphatic hydroxyl groups excluding tert-OH is 1. The highest BCUT2D eigenvalue weighted by Crippen LogP contribution is 2.32. The average molecular weight is 297 g/mol. The molecule has 1 saturated carbocycles. The molecule has 1 aromatic carbocycles. The summed E-state index contributed by atoms with van der Waals surface area (Å²) in [4.78, 5) is 11.9. The molecule has 0 aliphatic heterocycles. The molecule has 1 aliphatic rings. The Labute approximate surface area is 119 Å². The van der Waals surface area contributed by atoms with E-state index in [9.17, 15) is 13.2 Å². The van der Waals surface area contributed by atoms with Crippen molar-refractivity contribution in [3.63, 3.8) is 0 Å². The summed E-state index contributed by atoms with van der Waals surface area (Å²) < 4.78 is 26.6. The lowest BCUT2D eigenvalue weighted by Gasteiger charge is -2.14. The first-order chi connectivity index (χ1) is 9.47. The molecule has 110 valence electrons. The van der Waals surface area contributed by atoms with Gasteiger partial charge in [-0.3, -0.25) is 4.79 Å². The smallest absolute Gasteiger partial charge is 0.240 e. The van der Waals surface area contributed by atoms with Crippen LogP contribution in [0.1, 0.15) is 36.5 Å². The fourth-order valence-corrected chi connectivity index (χ4v) is 3.23. The van der Waals surface area contributed by atoms with Crippen molar-refractivity contribution < 1.29 is 18.3 Å². The molecule has 0 spiro atoms. The topological polar surface area (TPSA) is 83.5 Å². The summed E-state index contributed by atoms with van der Waals surface area (Å²) in [6.07, 6.45) is 2.36. The lowest BCUT2D eigenvalue weighted by molar-refractivity contribution is 0.0967. The van der Waals surface area contributed by atoms with Crippen LogP contribution in [0.15, 0.2) is 29.2 Å². The van der Waals surface area contributed by atoms with Crippen molar-refractivity contribution in [3.05, 3.63) is 29.8 Å². The van der Waals surface area contributed by atoms with Crippen LogP contribution in [0.3, 0.4) is 0 Å². The first-order valence-electron chi connectivity index (χ1n) is 6.75. The van der Waals surface area contributed by atoms with Gasteiger partial charge in [-0.2, -0.15) is 0 Å². The predicted molar refractivity (Wildman–Crippen MR) is 75.0 cm³/mol. The van der Waals surface area contributed by atoms with Crippen molar-refractivity contribution in [2.75, 3.05) is 6.61 Å². The molecule has 2 N–H and O–H groups in total. The van der Waals surface area contributed by atoms with Crippen LogP contribution in [0.4, 0.5) is 0 Å². The molecule has 20 heavy (non-hydrogen) atoms. The third kappa shape index (κ3) is 3.45. The van der Waals surface area contributed by atoms with Gasteiger partial charge in [0.05, 0.1) is 11.5 Å². The van der Waals surface area contributed by atoms with Crippen LogP contribution in [0.25, 0.3) is 0 Å². The van der Waals surface area contributed by atoms with E-state index in [2.05, 4.69) is 4.72 Å². The summed E-state index contributed by atoms with van der Waals surface area (Å²) in [6.45, 7) is 1.55. The van der Waals surface area contributed by atoms with Gasteiger partial charge in [0.25, 0.3) is 0 Å². The number of hydrogen-bond donors (Lipinski definition) is 2. The van der Waals surface area contributed by atoms with E-state index < -0.39 is 16.1 Å². The van der Waals surface area contributed by atoms with Crippen LogP contribution in [0, 0.1) is 5.92 Å². The normalized spacial score (nSPS) is 16.9. The fourth-order valence-electron chi connectivity index (χ4n) is 1.92. The lowest BCUT2D eigenvalue weighted by atomic mass is 10.1. The first-order valence-corrected chi connectivity index (χ1v) is 8.23. The number of sulfonamides is 1. The standard InChI is InChI=1S/C14H19NO4S/c1-2-12(9-16)15-20(18,19)13-7-5-11(6-8-13)14(17)10-3-4-10/h5-8,10,12,15-16H,2-4,9H2,1H3. The van der Waals surface area contributed by atoms with Gasteiger partial charge in [0.2, 0.25) is 10.0 Å². The van der Waals surface area contributed by atoms with Crippen LogP contribution in [-0.4, -0.2) is 32.0 Å². The van der Waals surface area contributed by atoms with Crippen molar-refractivity contribution >= 4 is 15.8 Å². The Hall–Kier alpha value is -1.24. The molecule has 1 aliphatic carbocycles. The van der Waals surface area contributed by atoms with Crippen LogP contribution in [0.5, 0.6) is 0 Å². The number of aliphatic hydroxyl groups is 1. The van der Waals surface area contributed by atoms with Crippen molar-refractivity contribution in [1.82, 2.24) is 4.72 Å². The summed E-state index contributed by atoms with van der Waals surface area (Å²) >= 11 is 0. The third-order valence-corrected chi connectivity index (χ3v) is 4.97. The second-order valence-electron chi connectivity index (χ2n) is 5.07. The van der Waals surface area contributed by atoms with Crippen molar-refractivity contribution in [2.24, 2.45) is 5.92 Å². The molecule has 6 heteroatoms. The van der Waals surface area contributed by atoms with E-state index in [1.54, 1.807) is 19.1 Å². The van der Waals surface area contributed by atoms with E-state index in [1.807, 2.05) is 0 Å². The van der Waals surface area contributed by atoms with Crippen LogP contribution >= 0.6 is 0 Å². The van der Waals surface area contributed by atoms with Crippen molar-refractivity contribution in [1.29, 1.82) is 0 Å². The maximum absolute atomic E-state index is 12.1.